The average molecular weight is 711 g/mol. The van der Waals surface area contributed by atoms with E-state index in [0.717, 1.165) is 24.3 Å². The van der Waals surface area contributed by atoms with Crippen LogP contribution in [-0.4, -0.2) is 40.4 Å². The van der Waals surface area contributed by atoms with E-state index in [0.29, 0.717) is 22.3 Å². The number of aromatic hydroxyl groups is 1. The first-order chi connectivity index (χ1) is 21.9. The summed E-state index contributed by atoms with van der Waals surface area (Å²) in [5.41, 5.74) is 0.230. The molecule has 0 spiro atoms. The fraction of sp³-hybridized carbons (Fsp3) is 0. The van der Waals surface area contributed by atoms with Crippen molar-refractivity contribution in [3.05, 3.63) is 121 Å². The molecule has 0 aliphatic carbocycles. The minimum Gasteiger partial charge on any atom is -0.870 e. The van der Waals surface area contributed by atoms with Crippen molar-refractivity contribution in [3.63, 3.8) is 0 Å². The van der Waals surface area contributed by atoms with E-state index < -0.39 is 44.4 Å². The molecule has 2 heterocycles. The Bertz CT molecular complexity index is 2030. The minimum absolute atomic E-state index is 0. The van der Waals surface area contributed by atoms with Crippen molar-refractivity contribution >= 4 is 79.4 Å². The normalized spacial score (nSPS) is 10.3. The topological polar surface area (TPSA) is 212 Å². The van der Waals surface area contributed by atoms with E-state index in [1.165, 1.54) is 49.1 Å². The van der Waals surface area contributed by atoms with Crippen molar-refractivity contribution in [1.29, 1.82) is 0 Å². The number of hydrogen-bond donors (Lipinski definition) is 3. The Kier molecular flexibility index (Phi) is 12.4. The van der Waals surface area contributed by atoms with Gasteiger partial charge in [-0.15, -0.1) is 0 Å². The smallest absolute Gasteiger partial charge is 0.870 e. The zero-order chi connectivity index (χ0) is 33.1. The SMILES string of the molecule is O=[N+]([O-])c1cc2c(Nc3ccc(F)c(Cl)c3)ncnc2cc1F.O=[N+]([O-])c1cc2c(Nc3ccc(F)c(Cl)c3)ncnc2cc1O.[Na+].[OH-]. The Morgan fingerprint density at radius 3 is 1.52 bits per heavy atom. The number of phenols is 1. The number of anilines is 4. The van der Waals surface area contributed by atoms with Crippen LogP contribution in [0.2, 0.25) is 10.0 Å². The molecular weight excluding hydrogens is 695 g/mol. The molecule has 4 aromatic carbocycles. The second kappa shape index (κ2) is 15.8. The Balaban J connectivity index is 0.000000250. The zero-order valence-electron chi connectivity index (χ0n) is 24.0. The summed E-state index contributed by atoms with van der Waals surface area (Å²) in [6.07, 6.45) is 2.42. The van der Waals surface area contributed by atoms with E-state index >= 15 is 0 Å². The molecule has 6 rings (SSSR count). The maximum absolute atomic E-state index is 13.6. The Hall–Kier alpha value is -4.91. The van der Waals surface area contributed by atoms with Gasteiger partial charge < -0.3 is 21.2 Å². The first-order valence-electron chi connectivity index (χ1n) is 12.6. The molecule has 0 radical (unpaired) electrons. The van der Waals surface area contributed by atoms with Crippen LogP contribution in [0, 0.1) is 37.7 Å². The van der Waals surface area contributed by atoms with Crippen molar-refractivity contribution in [1.82, 2.24) is 19.9 Å². The summed E-state index contributed by atoms with van der Waals surface area (Å²) in [6, 6.07) is 12.3. The van der Waals surface area contributed by atoms with Gasteiger partial charge in [0.1, 0.15) is 35.9 Å². The molecule has 240 valence electrons. The maximum Gasteiger partial charge on any atom is 1.00 e. The summed E-state index contributed by atoms with van der Waals surface area (Å²) in [5.74, 6) is -2.15. The standard InChI is InChI=1S/C14H7ClF2N4O2.C14H8ClFN4O3.Na.H2O/c15-9-3-7(1-2-10(9)16)20-14-8-4-13(21(22)23)11(17)5-12(8)18-6-19-14;15-9-3-7(1-2-10(9)16)19-14-8-4-12(20(22)23)13(21)5-11(8)17-6-18-14;;/h1-6H,(H,18,19,20);1-6,21H,(H,17,18,19);;1H2/q;;+1;/p-1. The molecule has 0 amide bonds. The zero-order valence-corrected chi connectivity index (χ0v) is 27.5. The van der Waals surface area contributed by atoms with Gasteiger partial charge in [0.25, 0.3) is 0 Å². The fourth-order valence-corrected chi connectivity index (χ4v) is 4.41. The van der Waals surface area contributed by atoms with Crippen LogP contribution in [0.3, 0.4) is 0 Å². The molecule has 2 aromatic heterocycles. The van der Waals surface area contributed by atoms with Crippen molar-refractivity contribution in [2.45, 2.75) is 0 Å². The van der Waals surface area contributed by atoms with Crippen molar-refractivity contribution in [2.24, 2.45) is 0 Å². The van der Waals surface area contributed by atoms with Gasteiger partial charge >= 0.3 is 40.9 Å². The third kappa shape index (κ3) is 8.32. The number of fused-ring (bicyclic) bond motifs is 2. The van der Waals surface area contributed by atoms with Gasteiger partial charge in [-0.25, -0.2) is 28.7 Å². The number of aromatic nitrogens is 4. The summed E-state index contributed by atoms with van der Waals surface area (Å²) >= 11 is 11.4. The second-order valence-corrected chi connectivity index (χ2v) is 9.96. The van der Waals surface area contributed by atoms with Gasteiger partial charge in [-0.2, -0.15) is 4.39 Å². The summed E-state index contributed by atoms with van der Waals surface area (Å²) < 4.78 is 40.0. The number of rotatable bonds is 6. The molecule has 48 heavy (non-hydrogen) atoms. The van der Waals surface area contributed by atoms with Crippen LogP contribution >= 0.6 is 23.2 Å². The number of nitro benzene ring substituents is 2. The van der Waals surface area contributed by atoms with E-state index in [9.17, 15) is 38.5 Å². The molecule has 0 aliphatic heterocycles. The third-order valence-electron chi connectivity index (χ3n) is 6.19. The van der Waals surface area contributed by atoms with Crippen LogP contribution in [0.15, 0.2) is 73.3 Å². The van der Waals surface area contributed by atoms with Crippen LogP contribution in [0.5, 0.6) is 5.75 Å². The molecule has 4 N–H and O–H groups in total. The molecule has 0 saturated carbocycles. The Morgan fingerprint density at radius 1 is 0.646 bits per heavy atom. The van der Waals surface area contributed by atoms with Gasteiger partial charge in [-0.3, -0.25) is 20.2 Å². The number of nitro groups is 2. The molecule has 0 atom stereocenters. The number of phenolic OH excluding ortho intramolecular Hbond substituents is 1. The van der Waals surface area contributed by atoms with Crippen LogP contribution in [0.25, 0.3) is 21.8 Å². The van der Waals surface area contributed by atoms with Crippen molar-refractivity contribution in [3.8, 4) is 5.75 Å². The molecule has 0 fully saturated rings. The largest absolute Gasteiger partial charge is 1.00 e. The Morgan fingerprint density at radius 2 is 1.08 bits per heavy atom. The van der Waals surface area contributed by atoms with Gasteiger partial charge in [0, 0.05) is 35.6 Å². The van der Waals surface area contributed by atoms with Gasteiger partial charge in [0.05, 0.1) is 41.7 Å². The van der Waals surface area contributed by atoms with E-state index in [2.05, 4.69) is 30.6 Å². The van der Waals surface area contributed by atoms with Crippen molar-refractivity contribution < 1.29 is 63.2 Å². The maximum atomic E-state index is 13.6. The fourth-order valence-electron chi connectivity index (χ4n) is 4.05. The average Bonchev–Trinajstić information content (AvgIpc) is 3.00. The van der Waals surface area contributed by atoms with Crippen LogP contribution < -0.4 is 40.2 Å². The number of benzene rings is 4. The van der Waals surface area contributed by atoms with E-state index in [4.69, 9.17) is 23.2 Å². The van der Waals surface area contributed by atoms with Gasteiger partial charge in [0.2, 0.25) is 5.82 Å². The number of hydrogen-bond acceptors (Lipinski definition) is 12. The van der Waals surface area contributed by atoms with Gasteiger partial charge in [0.15, 0.2) is 5.75 Å². The van der Waals surface area contributed by atoms with Crippen LogP contribution in [-0.2, 0) is 0 Å². The molecule has 0 saturated heterocycles. The number of nitrogens with zero attached hydrogens (tertiary/aromatic N) is 6. The summed E-state index contributed by atoms with van der Waals surface area (Å²) in [4.78, 5) is 36.1. The summed E-state index contributed by atoms with van der Waals surface area (Å²) in [7, 11) is 0. The molecule has 0 aliphatic rings. The summed E-state index contributed by atoms with van der Waals surface area (Å²) in [6.45, 7) is 0. The monoisotopic (exact) mass is 710 g/mol. The van der Waals surface area contributed by atoms with E-state index in [-0.39, 0.29) is 67.6 Å². The van der Waals surface area contributed by atoms with E-state index in [1.54, 1.807) is 0 Å². The van der Waals surface area contributed by atoms with Gasteiger partial charge in [-0.1, -0.05) is 23.2 Å². The predicted molar refractivity (Wildman–Crippen MR) is 165 cm³/mol. The second-order valence-electron chi connectivity index (χ2n) is 9.15. The first-order valence-corrected chi connectivity index (χ1v) is 13.3. The molecule has 0 bridgehead atoms. The summed E-state index contributed by atoms with van der Waals surface area (Å²) in [5, 5.41) is 37.6. The molecule has 14 nitrogen and oxygen atoms in total. The number of nitrogens with one attached hydrogen (secondary N) is 2. The molecule has 0 unspecified atom stereocenters. The third-order valence-corrected chi connectivity index (χ3v) is 6.77. The molecular formula is C28H16Cl2F3N8NaO6. The first kappa shape index (κ1) is 37.5. The van der Waals surface area contributed by atoms with Crippen LogP contribution in [0.4, 0.5) is 47.6 Å². The number of halogens is 5. The predicted octanol–water partition coefficient (Wildman–Crippen LogP) is 4.82. The van der Waals surface area contributed by atoms with Crippen molar-refractivity contribution in [2.75, 3.05) is 10.6 Å². The van der Waals surface area contributed by atoms with Gasteiger partial charge in [-0.05, 0) is 36.4 Å². The molecule has 6 aromatic rings. The van der Waals surface area contributed by atoms with Crippen LogP contribution in [0.1, 0.15) is 0 Å². The quantitative estimate of drug-likeness (QED) is 0.121. The van der Waals surface area contributed by atoms with E-state index in [1.807, 2.05) is 0 Å². The molecule has 20 heteroatoms. The minimum atomic E-state index is -0.989. The Labute approximate surface area is 298 Å².